The summed E-state index contributed by atoms with van der Waals surface area (Å²) < 4.78 is 3.99. The van der Waals surface area contributed by atoms with Crippen molar-refractivity contribution in [1.82, 2.24) is 24.1 Å². The number of halogens is 3. The number of benzene rings is 3. The van der Waals surface area contributed by atoms with E-state index in [0.717, 1.165) is 50.3 Å². The first-order chi connectivity index (χ1) is 17.4. The Morgan fingerprint density at radius 3 is 2.33 bits per heavy atom. The van der Waals surface area contributed by atoms with E-state index in [9.17, 15) is 0 Å². The van der Waals surface area contributed by atoms with Gasteiger partial charge in [0.2, 0.25) is 0 Å². The van der Waals surface area contributed by atoms with E-state index in [4.69, 9.17) is 34.8 Å². The zero-order valence-electron chi connectivity index (χ0n) is 19.5. The highest BCUT2D eigenvalue weighted by Gasteiger charge is 2.37. The lowest BCUT2D eigenvalue weighted by atomic mass is 9.86. The Kier molecular flexibility index (Phi) is 5.52. The largest absolute Gasteiger partial charge is 0.336 e. The van der Waals surface area contributed by atoms with Gasteiger partial charge in [-0.25, -0.2) is 4.98 Å². The van der Waals surface area contributed by atoms with Crippen molar-refractivity contribution in [2.24, 2.45) is 7.05 Å². The van der Waals surface area contributed by atoms with Crippen molar-refractivity contribution in [3.05, 3.63) is 118 Å². The minimum Gasteiger partial charge on any atom is -0.336 e. The average Bonchev–Trinajstić information content (AvgIpc) is 3.48. The molecule has 3 heterocycles. The number of rotatable bonds is 4. The van der Waals surface area contributed by atoms with Crippen LogP contribution >= 0.6 is 34.8 Å². The van der Waals surface area contributed by atoms with Crippen LogP contribution in [-0.4, -0.2) is 24.1 Å². The maximum atomic E-state index is 7.61. The maximum Gasteiger partial charge on any atom is 0.161 e. The van der Waals surface area contributed by atoms with Crippen LogP contribution in [0.15, 0.2) is 85.3 Å². The first-order valence-corrected chi connectivity index (χ1v) is 12.5. The zero-order chi connectivity index (χ0) is 25.0. The third kappa shape index (κ3) is 3.58. The number of imidazole rings is 1. The summed E-state index contributed by atoms with van der Waals surface area (Å²) in [4.78, 5) is 3.35. The Morgan fingerprint density at radius 1 is 0.833 bits per heavy atom. The molecule has 3 aromatic carbocycles. The van der Waals surface area contributed by atoms with Gasteiger partial charge in [0, 0.05) is 22.5 Å². The van der Waals surface area contributed by atoms with Crippen molar-refractivity contribution in [2.45, 2.75) is 11.8 Å². The van der Waals surface area contributed by atoms with E-state index >= 15 is 0 Å². The summed E-state index contributed by atoms with van der Waals surface area (Å²) in [5.74, 6) is 0.807. The van der Waals surface area contributed by atoms with Crippen molar-refractivity contribution < 1.29 is 0 Å². The normalized spacial score (nSPS) is 13.4. The summed E-state index contributed by atoms with van der Waals surface area (Å²) in [6.07, 6.45) is 3.56. The van der Waals surface area contributed by atoms with Crippen molar-refractivity contribution in [3.8, 4) is 11.1 Å². The van der Waals surface area contributed by atoms with Crippen LogP contribution in [-0.2, 0) is 11.9 Å². The Balaban J connectivity index is 1.70. The Bertz CT molecular complexity index is 1750. The molecule has 0 fully saturated rings. The fraction of sp³-hybridized carbons (Fsp3) is 0.107. The molecule has 36 heavy (non-hydrogen) atoms. The topological polar surface area (TPSA) is 48.0 Å². The van der Waals surface area contributed by atoms with Crippen molar-refractivity contribution in [3.63, 3.8) is 0 Å². The Labute approximate surface area is 222 Å². The lowest BCUT2D eigenvalue weighted by Crippen LogP contribution is -2.25. The predicted octanol–water partition coefficient (Wildman–Crippen LogP) is 7.43. The molecule has 0 saturated carbocycles. The maximum absolute atomic E-state index is 7.61. The number of aryl methyl sites for hydroxylation is 2. The third-order valence-corrected chi connectivity index (χ3v) is 7.71. The van der Waals surface area contributed by atoms with Crippen LogP contribution in [0.3, 0.4) is 0 Å². The summed E-state index contributed by atoms with van der Waals surface area (Å²) in [5, 5.41) is 11.0. The van der Waals surface area contributed by atoms with Crippen LogP contribution in [0, 0.1) is 6.92 Å². The third-order valence-electron chi connectivity index (χ3n) is 6.60. The summed E-state index contributed by atoms with van der Waals surface area (Å²) >= 11 is 20.2. The number of hydrogen-bond donors (Lipinski definition) is 0. The molecule has 1 unspecified atom stereocenters. The van der Waals surface area contributed by atoms with E-state index < -0.39 is 4.87 Å². The van der Waals surface area contributed by atoms with Gasteiger partial charge in [-0.3, -0.25) is 4.40 Å². The molecule has 0 spiro atoms. The first-order valence-electron chi connectivity index (χ1n) is 11.3. The molecular formula is C28H20Cl3N5. The van der Waals surface area contributed by atoms with Gasteiger partial charge < -0.3 is 4.57 Å². The second kappa shape index (κ2) is 8.63. The van der Waals surface area contributed by atoms with Crippen LogP contribution in [0.2, 0.25) is 10.0 Å². The molecule has 0 bridgehead atoms. The fourth-order valence-corrected chi connectivity index (χ4v) is 5.61. The molecule has 6 rings (SSSR count). The number of nitrogens with zero attached hydrogens (tertiary/aromatic N) is 5. The smallest absolute Gasteiger partial charge is 0.161 e. The van der Waals surface area contributed by atoms with Crippen molar-refractivity contribution in [2.75, 3.05) is 0 Å². The molecule has 3 aromatic heterocycles. The van der Waals surface area contributed by atoms with Gasteiger partial charge in [-0.15, -0.1) is 21.8 Å². The molecule has 0 radical (unpaired) electrons. The summed E-state index contributed by atoms with van der Waals surface area (Å²) in [6.45, 7) is 1.95. The number of hydrogen-bond acceptors (Lipinski definition) is 3. The van der Waals surface area contributed by atoms with Gasteiger partial charge in [0.15, 0.2) is 5.65 Å². The molecule has 0 aliphatic carbocycles. The minimum atomic E-state index is -1.01. The van der Waals surface area contributed by atoms with Crippen LogP contribution < -0.4 is 0 Å². The van der Waals surface area contributed by atoms with Gasteiger partial charge in [-0.1, -0.05) is 53.5 Å². The SMILES string of the molecule is Cc1nnc2cc(-c3cccc(Cl)c3)c3cc(C(Cl)(c4ccc(Cl)cc4)c4cncn4C)ccc3n12. The average molecular weight is 533 g/mol. The van der Waals surface area contributed by atoms with E-state index in [1.165, 1.54) is 0 Å². The molecular weight excluding hydrogens is 513 g/mol. The minimum absolute atomic E-state index is 0.648. The highest BCUT2D eigenvalue weighted by atomic mass is 35.5. The van der Waals surface area contributed by atoms with E-state index in [-0.39, 0.29) is 0 Å². The van der Waals surface area contributed by atoms with Gasteiger partial charge >= 0.3 is 0 Å². The van der Waals surface area contributed by atoms with Gasteiger partial charge in [-0.05, 0) is 71.6 Å². The second-order valence-electron chi connectivity index (χ2n) is 8.80. The molecule has 5 nitrogen and oxygen atoms in total. The molecule has 6 aromatic rings. The summed E-state index contributed by atoms with van der Waals surface area (Å²) in [5.41, 5.74) is 6.36. The summed E-state index contributed by atoms with van der Waals surface area (Å²) in [7, 11) is 1.94. The molecule has 178 valence electrons. The highest BCUT2D eigenvalue weighted by Crippen LogP contribution is 2.45. The number of pyridine rings is 1. The van der Waals surface area contributed by atoms with Crippen LogP contribution in [0.4, 0.5) is 0 Å². The Hall–Kier alpha value is -3.38. The standard InChI is InChI=1S/C28H20Cl3N5/c1-17-33-34-27-14-23(18-4-3-5-22(30)12-18)24-13-20(8-11-25(24)36(17)27)28(31,26-15-32-16-35(26)2)19-6-9-21(29)10-7-19/h3-16H,1-2H3. The van der Waals surface area contributed by atoms with Crippen LogP contribution in [0.1, 0.15) is 22.6 Å². The highest BCUT2D eigenvalue weighted by molar-refractivity contribution is 6.31. The van der Waals surface area contributed by atoms with Gasteiger partial charge in [0.05, 0.1) is 23.7 Å². The second-order valence-corrected chi connectivity index (χ2v) is 10.2. The number of aromatic nitrogens is 5. The van der Waals surface area contributed by atoms with Crippen LogP contribution in [0.25, 0.3) is 27.7 Å². The number of fused-ring (bicyclic) bond motifs is 3. The number of alkyl halides is 1. The van der Waals surface area contributed by atoms with E-state index in [1.54, 1.807) is 12.5 Å². The van der Waals surface area contributed by atoms with Gasteiger partial charge in [0.1, 0.15) is 10.7 Å². The van der Waals surface area contributed by atoms with Gasteiger partial charge in [0.25, 0.3) is 0 Å². The molecule has 0 aliphatic heterocycles. The molecule has 0 saturated heterocycles. The fourth-order valence-electron chi connectivity index (χ4n) is 4.86. The van der Waals surface area contributed by atoms with E-state index in [2.05, 4.69) is 37.8 Å². The van der Waals surface area contributed by atoms with Crippen molar-refractivity contribution in [1.29, 1.82) is 0 Å². The summed E-state index contributed by atoms with van der Waals surface area (Å²) in [6, 6.07) is 23.7. The molecule has 8 heteroatoms. The Morgan fingerprint density at radius 2 is 1.61 bits per heavy atom. The van der Waals surface area contributed by atoms with Crippen molar-refractivity contribution >= 4 is 51.4 Å². The van der Waals surface area contributed by atoms with E-state index in [0.29, 0.717) is 10.0 Å². The van der Waals surface area contributed by atoms with Gasteiger partial charge in [-0.2, -0.15) is 0 Å². The quantitative estimate of drug-likeness (QED) is 0.222. The zero-order valence-corrected chi connectivity index (χ0v) is 21.7. The molecule has 0 N–H and O–H groups in total. The van der Waals surface area contributed by atoms with E-state index in [1.807, 2.05) is 73.1 Å². The van der Waals surface area contributed by atoms with Crippen LogP contribution in [0.5, 0.6) is 0 Å². The lowest BCUT2D eigenvalue weighted by Gasteiger charge is -2.29. The molecule has 1 atom stereocenters. The lowest BCUT2D eigenvalue weighted by molar-refractivity contribution is 0.746. The monoisotopic (exact) mass is 531 g/mol. The molecule has 0 aliphatic rings. The molecule has 0 amide bonds. The first kappa shape index (κ1) is 23.0. The predicted molar refractivity (Wildman–Crippen MR) is 146 cm³/mol.